The lowest BCUT2D eigenvalue weighted by atomic mass is 9.99. The van der Waals surface area contributed by atoms with Crippen molar-refractivity contribution < 1.29 is 54.1 Å². The van der Waals surface area contributed by atoms with E-state index in [-0.39, 0.29) is 19.0 Å². The maximum atomic E-state index is 12.1. The average molecular weight is 442 g/mol. The number of ether oxygens (including phenoxy) is 4. The van der Waals surface area contributed by atoms with Gasteiger partial charge < -0.3 is 44.5 Å². The Bertz CT molecular complexity index is 746. The standard InChI is InChI=1S/C20H26O11/c1-11(22)28-9-14(30-16(24)7-4-12-2-5-13(23)6-3-12)10-29-20-19(27)18(26)17(25)15(8-21)31-20/h2-7,14-15,17-21,23,25-27H,8-10H2,1H3/b7-4+/t14-,15-,17-,18+,19-,20-/m0/s1. The molecule has 1 aromatic rings. The second-order valence-corrected chi connectivity index (χ2v) is 6.82. The predicted molar refractivity (Wildman–Crippen MR) is 103 cm³/mol. The number of carbonyl (C=O) groups is 2. The Morgan fingerprint density at radius 2 is 1.77 bits per heavy atom. The number of hydrogen-bond donors (Lipinski definition) is 5. The molecule has 11 nitrogen and oxygen atoms in total. The Kier molecular flexibility index (Phi) is 9.37. The van der Waals surface area contributed by atoms with Crippen LogP contribution in [-0.2, 0) is 28.5 Å². The summed E-state index contributed by atoms with van der Waals surface area (Å²) in [5, 5.41) is 48.1. The Morgan fingerprint density at radius 3 is 2.39 bits per heavy atom. The zero-order valence-electron chi connectivity index (χ0n) is 16.7. The van der Waals surface area contributed by atoms with Crippen LogP contribution in [0.15, 0.2) is 30.3 Å². The van der Waals surface area contributed by atoms with E-state index in [1.807, 2.05) is 0 Å². The minimum absolute atomic E-state index is 0.0755. The summed E-state index contributed by atoms with van der Waals surface area (Å²) in [6, 6.07) is 6.06. The molecule has 172 valence electrons. The fraction of sp³-hybridized carbons (Fsp3) is 0.500. The first-order chi connectivity index (χ1) is 14.7. The van der Waals surface area contributed by atoms with Crippen molar-refractivity contribution in [2.45, 2.75) is 43.7 Å². The van der Waals surface area contributed by atoms with Crippen molar-refractivity contribution in [2.24, 2.45) is 0 Å². The quantitative estimate of drug-likeness (QED) is 0.227. The van der Waals surface area contributed by atoms with Crippen LogP contribution in [0.2, 0.25) is 0 Å². The number of aliphatic hydroxyl groups is 4. The first-order valence-electron chi connectivity index (χ1n) is 9.44. The van der Waals surface area contributed by atoms with Gasteiger partial charge in [-0.3, -0.25) is 4.79 Å². The fourth-order valence-electron chi connectivity index (χ4n) is 2.69. The lowest BCUT2D eigenvalue weighted by Gasteiger charge is -2.39. The van der Waals surface area contributed by atoms with E-state index in [0.29, 0.717) is 5.56 Å². The van der Waals surface area contributed by atoms with Crippen LogP contribution >= 0.6 is 0 Å². The fourth-order valence-corrected chi connectivity index (χ4v) is 2.69. The average Bonchev–Trinajstić information content (AvgIpc) is 2.74. The summed E-state index contributed by atoms with van der Waals surface area (Å²) < 4.78 is 20.6. The van der Waals surface area contributed by atoms with E-state index in [1.165, 1.54) is 25.1 Å². The van der Waals surface area contributed by atoms with Gasteiger partial charge >= 0.3 is 11.9 Å². The van der Waals surface area contributed by atoms with E-state index in [1.54, 1.807) is 12.1 Å². The molecule has 0 saturated carbocycles. The van der Waals surface area contributed by atoms with Gasteiger partial charge in [-0.2, -0.15) is 0 Å². The van der Waals surface area contributed by atoms with Gasteiger partial charge in [0.2, 0.25) is 0 Å². The molecule has 0 radical (unpaired) electrons. The zero-order valence-corrected chi connectivity index (χ0v) is 16.7. The Labute approximate surface area is 178 Å². The van der Waals surface area contributed by atoms with Gasteiger partial charge in [0.15, 0.2) is 12.4 Å². The van der Waals surface area contributed by atoms with Gasteiger partial charge in [0.1, 0.15) is 36.8 Å². The van der Waals surface area contributed by atoms with Crippen LogP contribution in [0, 0.1) is 0 Å². The summed E-state index contributed by atoms with van der Waals surface area (Å²) in [5.74, 6) is -1.32. The lowest BCUT2D eigenvalue weighted by molar-refractivity contribution is -0.305. The van der Waals surface area contributed by atoms with Crippen LogP contribution in [0.1, 0.15) is 12.5 Å². The second-order valence-electron chi connectivity index (χ2n) is 6.82. The second kappa shape index (κ2) is 11.7. The minimum atomic E-state index is -1.63. The molecule has 0 aliphatic carbocycles. The highest BCUT2D eigenvalue weighted by molar-refractivity contribution is 5.87. The number of phenols is 1. The van der Waals surface area contributed by atoms with E-state index in [4.69, 9.17) is 18.9 Å². The monoisotopic (exact) mass is 442 g/mol. The van der Waals surface area contributed by atoms with E-state index in [9.17, 15) is 35.1 Å². The topological polar surface area (TPSA) is 172 Å². The molecule has 1 fully saturated rings. The number of esters is 2. The molecule has 1 aliphatic heterocycles. The van der Waals surface area contributed by atoms with Gasteiger partial charge in [-0.05, 0) is 23.8 Å². The molecule has 31 heavy (non-hydrogen) atoms. The van der Waals surface area contributed by atoms with Gasteiger partial charge in [-0.25, -0.2) is 4.79 Å². The highest BCUT2D eigenvalue weighted by Gasteiger charge is 2.44. The van der Waals surface area contributed by atoms with Crippen molar-refractivity contribution in [2.75, 3.05) is 19.8 Å². The minimum Gasteiger partial charge on any atom is -0.508 e. The predicted octanol–water partition coefficient (Wildman–Crippen LogP) is -1.30. The number of benzene rings is 1. The first kappa shape index (κ1) is 24.7. The molecular formula is C20H26O11. The normalized spacial score (nSPS) is 27.1. The van der Waals surface area contributed by atoms with E-state index in [2.05, 4.69) is 0 Å². The Morgan fingerprint density at radius 1 is 1.10 bits per heavy atom. The van der Waals surface area contributed by atoms with Crippen LogP contribution in [0.5, 0.6) is 5.75 Å². The maximum absolute atomic E-state index is 12.1. The maximum Gasteiger partial charge on any atom is 0.331 e. The van der Waals surface area contributed by atoms with Crippen LogP contribution in [0.3, 0.4) is 0 Å². The molecule has 1 aromatic carbocycles. The highest BCUT2D eigenvalue weighted by Crippen LogP contribution is 2.22. The van der Waals surface area contributed by atoms with E-state index >= 15 is 0 Å². The first-order valence-corrected chi connectivity index (χ1v) is 9.44. The third kappa shape index (κ3) is 7.58. The van der Waals surface area contributed by atoms with Crippen LogP contribution in [0.4, 0.5) is 0 Å². The van der Waals surface area contributed by atoms with Crippen LogP contribution in [0.25, 0.3) is 6.08 Å². The third-order valence-corrected chi connectivity index (χ3v) is 4.36. The van der Waals surface area contributed by atoms with Gasteiger partial charge in [0.05, 0.1) is 13.2 Å². The SMILES string of the molecule is CC(=O)OC[C@@H](CO[C@H]1O[C@@H](CO)[C@H](O)[C@@H](O)[C@@H]1O)OC(=O)/C=C/c1ccc(O)cc1. The summed E-state index contributed by atoms with van der Waals surface area (Å²) >= 11 is 0. The van der Waals surface area contributed by atoms with Crippen molar-refractivity contribution in [3.05, 3.63) is 35.9 Å². The van der Waals surface area contributed by atoms with E-state index < -0.39 is 55.4 Å². The molecule has 0 aromatic heterocycles. The molecule has 0 amide bonds. The summed E-state index contributed by atoms with van der Waals surface area (Å²) in [6.07, 6.45) is -5.89. The number of carbonyl (C=O) groups excluding carboxylic acids is 2. The number of rotatable bonds is 9. The van der Waals surface area contributed by atoms with E-state index in [0.717, 1.165) is 6.08 Å². The summed E-state index contributed by atoms with van der Waals surface area (Å²) in [4.78, 5) is 23.2. The van der Waals surface area contributed by atoms with Gasteiger partial charge in [-0.1, -0.05) is 12.1 Å². The van der Waals surface area contributed by atoms with Crippen molar-refractivity contribution in [1.29, 1.82) is 0 Å². The van der Waals surface area contributed by atoms with Crippen LogP contribution < -0.4 is 0 Å². The zero-order chi connectivity index (χ0) is 23.0. The molecule has 11 heteroatoms. The van der Waals surface area contributed by atoms with Crippen molar-refractivity contribution >= 4 is 18.0 Å². The van der Waals surface area contributed by atoms with Crippen molar-refractivity contribution in [3.8, 4) is 5.75 Å². The van der Waals surface area contributed by atoms with Crippen molar-refractivity contribution in [3.63, 3.8) is 0 Å². The molecule has 5 N–H and O–H groups in total. The smallest absolute Gasteiger partial charge is 0.331 e. The molecule has 1 heterocycles. The van der Waals surface area contributed by atoms with Crippen LogP contribution in [-0.4, -0.2) is 94.1 Å². The number of hydrogen-bond acceptors (Lipinski definition) is 11. The summed E-state index contributed by atoms with van der Waals surface area (Å²) in [7, 11) is 0. The molecule has 1 saturated heterocycles. The summed E-state index contributed by atoms with van der Waals surface area (Å²) in [5.41, 5.74) is 0.629. The molecule has 6 atom stereocenters. The molecule has 0 bridgehead atoms. The molecule has 0 spiro atoms. The van der Waals surface area contributed by atoms with Gasteiger partial charge in [-0.15, -0.1) is 0 Å². The molecule has 2 rings (SSSR count). The van der Waals surface area contributed by atoms with Gasteiger partial charge in [0, 0.05) is 13.0 Å². The molecular weight excluding hydrogens is 416 g/mol. The Hall–Kier alpha value is -2.54. The number of aliphatic hydroxyl groups excluding tert-OH is 4. The lowest BCUT2D eigenvalue weighted by Crippen LogP contribution is -2.59. The number of phenolic OH excluding ortho intramolecular Hbond substituents is 1. The largest absolute Gasteiger partial charge is 0.508 e. The molecule has 1 aliphatic rings. The third-order valence-electron chi connectivity index (χ3n) is 4.36. The van der Waals surface area contributed by atoms with Gasteiger partial charge in [0.25, 0.3) is 0 Å². The van der Waals surface area contributed by atoms with Crippen molar-refractivity contribution in [1.82, 2.24) is 0 Å². The Balaban J connectivity index is 1.96. The molecule has 0 unspecified atom stereocenters. The highest BCUT2D eigenvalue weighted by atomic mass is 16.7. The summed E-state index contributed by atoms with van der Waals surface area (Å²) in [6.45, 7) is -0.179. The number of aromatic hydroxyl groups is 1.